The average Bonchev–Trinajstić information content (AvgIpc) is 2.82. The van der Waals surface area contributed by atoms with E-state index < -0.39 is 12.0 Å². The van der Waals surface area contributed by atoms with Crippen molar-refractivity contribution >= 4 is 12.0 Å². The van der Waals surface area contributed by atoms with Gasteiger partial charge in [-0.3, -0.25) is 4.90 Å². The van der Waals surface area contributed by atoms with E-state index in [-0.39, 0.29) is 11.9 Å². The van der Waals surface area contributed by atoms with Crippen molar-refractivity contribution < 1.29 is 19.4 Å². The van der Waals surface area contributed by atoms with Gasteiger partial charge in [-0.25, -0.2) is 9.59 Å². The van der Waals surface area contributed by atoms with Gasteiger partial charge in [-0.2, -0.15) is 0 Å². The summed E-state index contributed by atoms with van der Waals surface area (Å²) >= 11 is 0. The lowest BCUT2D eigenvalue weighted by Gasteiger charge is -2.27. The molecule has 0 aromatic heterocycles. The SMILES string of the molecule is CC1CCN(C(=O)NCCN2CCOCC2)C1C(=O)O. The zero-order chi connectivity index (χ0) is 14.5. The Kier molecular flexibility index (Phi) is 5.19. The van der Waals surface area contributed by atoms with E-state index in [0.29, 0.717) is 13.1 Å². The number of nitrogens with zero attached hydrogens (tertiary/aromatic N) is 2. The van der Waals surface area contributed by atoms with Gasteiger partial charge in [0.15, 0.2) is 0 Å². The molecule has 20 heavy (non-hydrogen) atoms. The highest BCUT2D eigenvalue weighted by molar-refractivity contribution is 5.83. The maximum absolute atomic E-state index is 12.1. The first-order chi connectivity index (χ1) is 9.59. The van der Waals surface area contributed by atoms with Crippen LogP contribution in [0.2, 0.25) is 0 Å². The average molecular weight is 285 g/mol. The summed E-state index contributed by atoms with van der Waals surface area (Å²) in [6, 6.07) is -0.964. The van der Waals surface area contributed by atoms with Gasteiger partial charge in [0.2, 0.25) is 0 Å². The fourth-order valence-electron chi connectivity index (χ4n) is 2.80. The van der Waals surface area contributed by atoms with Crippen LogP contribution in [0.3, 0.4) is 0 Å². The van der Waals surface area contributed by atoms with Crippen LogP contribution in [0.25, 0.3) is 0 Å². The molecule has 0 spiro atoms. The highest BCUT2D eigenvalue weighted by Gasteiger charge is 2.39. The lowest BCUT2D eigenvalue weighted by Crippen LogP contribution is -2.49. The van der Waals surface area contributed by atoms with Crippen molar-refractivity contribution in [3.8, 4) is 0 Å². The quantitative estimate of drug-likeness (QED) is 0.749. The molecule has 2 aliphatic rings. The Morgan fingerprint density at radius 1 is 1.30 bits per heavy atom. The Morgan fingerprint density at radius 3 is 2.65 bits per heavy atom. The van der Waals surface area contributed by atoms with E-state index in [0.717, 1.165) is 39.3 Å². The van der Waals surface area contributed by atoms with Crippen LogP contribution in [-0.2, 0) is 9.53 Å². The molecule has 2 saturated heterocycles. The molecule has 2 heterocycles. The van der Waals surface area contributed by atoms with Crippen molar-refractivity contribution in [2.75, 3.05) is 45.9 Å². The molecule has 2 atom stereocenters. The minimum atomic E-state index is -0.918. The van der Waals surface area contributed by atoms with Gasteiger partial charge in [0, 0.05) is 32.7 Å². The molecule has 2 rings (SSSR count). The Bertz CT molecular complexity index is 358. The number of aliphatic carboxylic acids is 1. The van der Waals surface area contributed by atoms with Crippen molar-refractivity contribution in [2.45, 2.75) is 19.4 Å². The standard InChI is InChI=1S/C13H23N3O4/c1-10-2-4-16(11(10)12(17)18)13(19)14-3-5-15-6-8-20-9-7-15/h10-11H,2-9H2,1H3,(H,14,19)(H,17,18). The number of carbonyl (C=O) groups is 2. The van der Waals surface area contributed by atoms with E-state index >= 15 is 0 Å². The fourth-order valence-corrected chi connectivity index (χ4v) is 2.80. The first kappa shape index (κ1) is 15.1. The molecule has 0 aromatic carbocycles. The summed E-state index contributed by atoms with van der Waals surface area (Å²) in [5, 5.41) is 12.0. The van der Waals surface area contributed by atoms with Gasteiger partial charge in [-0.1, -0.05) is 6.92 Å². The van der Waals surface area contributed by atoms with E-state index in [4.69, 9.17) is 4.74 Å². The smallest absolute Gasteiger partial charge is 0.326 e. The summed E-state index contributed by atoms with van der Waals surface area (Å²) in [6.07, 6.45) is 0.744. The molecule has 7 heteroatoms. The number of urea groups is 1. The first-order valence-corrected chi connectivity index (χ1v) is 7.17. The molecule has 0 bridgehead atoms. The molecule has 2 N–H and O–H groups in total. The van der Waals surface area contributed by atoms with E-state index in [1.807, 2.05) is 6.92 Å². The van der Waals surface area contributed by atoms with Crippen LogP contribution in [-0.4, -0.2) is 78.9 Å². The topological polar surface area (TPSA) is 82.1 Å². The number of likely N-dealkylation sites (tertiary alicyclic amines) is 1. The minimum Gasteiger partial charge on any atom is -0.480 e. The number of ether oxygens (including phenoxy) is 1. The van der Waals surface area contributed by atoms with Crippen LogP contribution in [0, 0.1) is 5.92 Å². The molecule has 7 nitrogen and oxygen atoms in total. The Balaban J connectivity index is 1.75. The second kappa shape index (κ2) is 6.90. The molecule has 2 fully saturated rings. The number of carboxylic acids is 1. The maximum atomic E-state index is 12.1. The van der Waals surface area contributed by atoms with E-state index in [9.17, 15) is 14.7 Å². The molecule has 0 radical (unpaired) electrons. The second-order valence-electron chi connectivity index (χ2n) is 5.43. The predicted molar refractivity (Wildman–Crippen MR) is 72.6 cm³/mol. The molecule has 0 aromatic rings. The normalized spacial score (nSPS) is 27.6. The second-order valence-corrected chi connectivity index (χ2v) is 5.43. The van der Waals surface area contributed by atoms with Crippen LogP contribution < -0.4 is 5.32 Å². The minimum absolute atomic E-state index is 0.0116. The maximum Gasteiger partial charge on any atom is 0.326 e. The van der Waals surface area contributed by atoms with Gasteiger partial charge in [0.1, 0.15) is 6.04 Å². The first-order valence-electron chi connectivity index (χ1n) is 7.17. The lowest BCUT2D eigenvalue weighted by atomic mass is 10.0. The summed E-state index contributed by atoms with van der Waals surface area (Å²) in [6.45, 7) is 6.94. The molecule has 114 valence electrons. The Labute approximate surface area is 118 Å². The third kappa shape index (κ3) is 3.61. The van der Waals surface area contributed by atoms with Gasteiger partial charge in [0.25, 0.3) is 0 Å². The number of hydrogen-bond acceptors (Lipinski definition) is 4. The number of hydrogen-bond donors (Lipinski definition) is 2. The summed E-state index contributed by atoms with van der Waals surface area (Å²) in [4.78, 5) is 26.9. The fraction of sp³-hybridized carbons (Fsp3) is 0.846. The molecule has 2 aliphatic heterocycles. The summed E-state index contributed by atoms with van der Waals surface area (Å²) < 4.78 is 5.26. The van der Waals surface area contributed by atoms with Crippen molar-refractivity contribution in [3.05, 3.63) is 0 Å². The zero-order valence-electron chi connectivity index (χ0n) is 11.9. The van der Waals surface area contributed by atoms with Gasteiger partial charge in [-0.05, 0) is 12.3 Å². The molecular weight excluding hydrogens is 262 g/mol. The summed E-state index contributed by atoms with van der Waals surface area (Å²) in [5.74, 6) is -0.907. The van der Waals surface area contributed by atoms with Crippen molar-refractivity contribution in [1.29, 1.82) is 0 Å². The number of carboxylic acid groups (broad SMARTS) is 1. The van der Waals surface area contributed by atoms with Gasteiger partial charge in [-0.15, -0.1) is 0 Å². The summed E-state index contributed by atoms with van der Waals surface area (Å²) in [7, 11) is 0. The largest absolute Gasteiger partial charge is 0.480 e. The predicted octanol–water partition coefficient (Wildman–Crippen LogP) is -0.177. The van der Waals surface area contributed by atoms with Gasteiger partial charge in [0.05, 0.1) is 13.2 Å². The number of rotatable bonds is 4. The third-order valence-corrected chi connectivity index (χ3v) is 4.02. The van der Waals surface area contributed by atoms with Crippen LogP contribution in [0.4, 0.5) is 4.79 Å². The number of amides is 2. The Hall–Kier alpha value is -1.34. The molecule has 2 unspecified atom stereocenters. The summed E-state index contributed by atoms with van der Waals surface area (Å²) in [5.41, 5.74) is 0. The lowest BCUT2D eigenvalue weighted by molar-refractivity contribution is -0.142. The van der Waals surface area contributed by atoms with Crippen molar-refractivity contribution in [3.63, 3.8) is 0 Å². The molecule has 2 amide bonds. The Morgan fingerprint density at radius 2 is 2.00 bits per heavy atom. The van der Waals surface area contributed by atoms with Crippen molar-refractivity contribution in [2.24, 2.45) is 5.92 Å². The van der Waals surface area contributed by atoms with Crippen LogP contribution >= 0.6 is 0 Å². The van der Waals surface area contributed by atoms with Crippen LogP contribution in [0.15, 0.2) is 0 Å². The highest BCUT2D eigenvalue weighted by Crippen LogP contribution is 2.23. The highest BCUT2D eigenvalue weighted by atomic mass is 16.5. The zero-order valence-corrected chi connectivity index (χ0v) is 11.9. The van der Waals surface area contributed by atoms with E-state index in [1.165, 1.54) is 4.90 Å². The van der Waals surface area contributed by atoms with Gasteiger partial charge < -0.3 is 20.1 Å². The monoisotopic (exact) mass is 285 g/mol. The molecule has 0 saturated carbocycles. The third-order valence-electron chi connectivity index (χ3n) is 4.02. The van der Waals surface area contributed by atoms with Crippen LogP contribution in [0.1, 0.15) is 13.3 Å². The number of morpholine rings is 1. The van der Waals surface area contributed by atoms with Crippen molar-refractivity contribution in [1.82, 2.24) is 15.1 Å². The number of carbonyl (C=O) groups excluding carboxylic acids is 1. The number of nitrogens with one attached hydrogen (secondary N) is 1. The van der Waals surface area contributed by atoms with Crippen LogP contribution in [0.5, 0.6) is 0 Å². The molecule has 0 aliphatic carbocycles. The van der Waals surface area contributed by atoms with E-state index in [2.05, 4.69) is 10.2 Å². The van der Waals surface area contributed by atoms with Gasteiger partial charge >= 0.3 is 12.0 Å². The van der Waals surface area contributed by atoms with E-state index in [1.54, 1.807) is 0 Å². The molecular formula is C13H23N3O4.